The van der Waals surface area contributed by atoms with Crippen molar-refractivity contribution in [2.24, 2.45) is 4.99 Å². The van der Waals surface area contributed by atoms with Crippen molar-refractivity contribution < 1.29 is 9.53 Å². The number of allylic oxidation sites excluding steroid dienone is 1. The summed E-state index contributed by atoms with van der Waals surface area (Å²) >= 11 is 3.09. The first-order chi connectivity index (χ1) is 16.6. The maximum atomic E-state index is 13.7. The maximum absolute atomic E-state index is 13.7. The van der Waals surface area contributed by atoms with Gasteiger partial charge in [0.1, 0.15) is 5.75 Å². The highest BCUT2D eigenvalue weighted by Crippen LogP contribution is 2.42. The number of thiophene rings is 1. The minimum absolute atomic E-state index is 0.0309. The summed E-state index contributed by atoms with van der Waals surface area (Å²) in [6.45, 7) is 1.37. The summed E-state index contributed by atoms with van der Waals surface area (Å²) in [5.41, 5.74) is 5.54. The highest BCUT2D eigenvalue weighted by Gasteiger charge is 2.32. The van der Waals surface area contributed by atoms with E-state index in [0.717, 1.165) is 33.8 Å². The molecule has 7 heteroatoms. The lowest BCUT2D eigenvalue weighted by Gasteiger charge is -2.30. The number of aryl methyl sites for hydroxylation is 1. The van der Waals surface area contributed by atoms with Crippen LogP contribution in [0.4, 0.5) is 0 Å². The van der Waals surface area contributed by atoms with E-state index in [0.29, 0.717) is 10.3 Å². The quantitative estimate of drug-likeness (QED) is 0.322. The number of fused-ring (bicyclic) bond motifs is 3. The van der Waals surface area contributed by atoms with Crippen LogP contribution >= 0.6 is 22.7 Å². The molecule has 1 atom stereocenters. The molecule has 6 rings (SSSR count). The molecule has 0 spiro atoms. The summed E-state index contributed by atoms with van der Waals surface area (Å²) in [5, 5.41) is 2.06. The number of carbonyl (C=O) groups excluding carboxylic acids is 1. The summed E-state index contributed by atoms with van der Waals surface area (Å²) in [6, 6.07) is 19.6. The second kappa shape index (κ2) is 8.34. The molecule has 5 nitrogen and oxygen atoms in total. The first-order valence-corrected chi connectivity index (χ1v) is 12.7. The van der Waals surface area contributed by atoms with E-state index in [4.69, 9.17) is 9.73 Å². The molecule has 0 N–H and O–H groups in total. The monoisotopic (exact) mass is 484 g/mol. The zero-order valence-corrected chi connectivity index (χ0v) is 20.0. The van der Waals surface area contributed by atoms with E-state index >= 15 is 0 Å². The molecule has 168 valence electrons. The van der Waals surface area contributed by atoms with Gasteiger partial charge in [-0.25, -0.2) is 4.99 Å². The largest absolute Gasteiger partial charge is 0.427 e. The number of esters is 1. The van der Waals surface area contributed by atoms with E-state index in [2.05, 4.69) is 35.7 Å². The lowest BCUT2D eigenvalue weighted by Crippen LogP contribution is -2.38. The second-order valence-electron chi connectivity index (χ2n) is 8.29. The fraction of sp³-hybridized carbons (Fsp3) is 0.148. The third-order valence-corrected chi connectivity index (χ3v) is 8.03. The van der Waals surface area contributed by atoms with Crippen molar-refractivity contribution in [3.8, 4) is 5.75 Å². The van der Waals surface area contributed by atoms with E-state index in [-0.39, 0.29) is 17.6 Å². The Labute approximate surface area is 203 Å². The topological polar surface area (TPSA) is 60.7 Å². The van der Waals surface area contributed by atoms with Crippen LogP contribution in [0.2, 0.25) is 0 Å². The SMILES string of the molecule is CC(=O)Oc1ccc(/C=c2/sc3n(c2=O)[C@@H](c2cccs2)C2=C(N=3)c3ccccc3CC2)cc1. The van der Waals surface area contributed by atoms with Crippen LogP contribution in [0, 0.1) is 0 Å². The fourth-order valence-corrected chi connectivity index (χ4v) is 6.52. The molecular weight excluding hydrogens is 464 g/mol. The van der Waals surface area contributed by atoms with Crippen molar-refractivity contribution in [1.29, 1.82) is 0 Å². The molecule has 34 heavy (non-hydrogen) atoms. The standard InChI is InChI=1S/C27H20N2O3S2/c1-16(30)32-19-11-8-17(9-12-19)15-23-26(31)29-25(22-7-4-14-33-22)21-13-10-18-5-2-3-6-20(18)24(21)28-27(29)34-23/h2-9,11-12,14-15,25H,10,13H2,1H3/b23-15+/t25-/m1/s1. The summed E-state index contributed by atoms with van der Waals surface area (Å²) in [5.74, 6) is 0.121. The Kier molecular flexibility index (Phi) is 5.16. The Bertz CT molecular complexity index is 1620. The Balaban J connectivity index is 1.52. The van der Waals surface area contributed by atoms with E-state index in [1.807, 2.05) is 28.8 Å². The van der Waals surface area contributed by atoms with Gasteiger partial charge in [-0.2, -0.15) is 0 Å². The molecule has 0 fully saturated rings. The van der Waals surface area contributed by atoms with Gasteiger partial charge in [0, 0.05) is 17.4 Å². The summed E-state index contributed by atoms with van der Waals surface area (Å²) in [6.07, 6.45) is 3.72. The van der Waals surface area contributed by atoms with E-state index < -0.39 is 0 Å². The smallest absolute Gasteiger partial charge is 0.308 e. The highest BCUT2D eigenvalue weighted by atomic mass is 32.1. The van der Waals surface area contributed by atoms with E-state index in [1.54, 1.807) is 23.5 Å². The Morgan fingerprint density at radius 1 is 1.09 bits per heavy atom. The number of nitrogens with zero attached hydrogens (tertiary/aromatic N) is 2. The molecule has 0 saturated carbocycles. The van der Waals surface area contributed by atoms with Gasteiger partial charge in [-0.3, -0.25) is 14.2 Å². The van der Waals surface area contributed by atoms with Gasteiger partial charge in [0.05, 0.1) is 16.3 Å². The van der Waals surface area contributed by atoms with E-state index in [1.165, 1.54) is 35.0 Å². The molecule has 4 aromatic rings. The predicted octanol–water partition coefficient (Wildman–Crippen LogP) is 4.31. The number of hydrogen-bond donors (Lipinski definition) is 0. The van der Waals surface area contributed by atoms with Gasteiger partial charge >= 0.3 is 5.97 Å². The number of benzene rings is 2. The normalized spacial score (nSPS) is 17.0. The highest BCUT2D eigenvalue weighted by molar-refractivity contribution is 7.10. The third kappa shape index (κ3) is 3.57. The van der Waals surface area contributed by atoms with Gasteiger partial charge in [0.25, 0.3) is 5.56 Å². The van der Waals surface area contributed by atoms with E-state index in [9.17, 15) is 9.59 Å². The molecular formula is C27H20N2O3S2. The molecule has 0 bridgehead atoms. The van der Waals surface area contributed by atoms with Gasteiger partial charge in [-0.05, 0) is 59.2 Å². The molecule has 2 aromatic carbocycles. The van der Waals surface area contributed by atoms with Gasteiger partial charge in [-0.15, -0.1) is 11.3 Å². The molecule has 3 heterocycles. The number of ether oxygens (including phenoxy) is 1. The second-order valence-corrected chi connectivity index (χ2v) is 10.3. The van der Waals surface area contributed by atoms with Crippen molar-refractivity contribution in [3.63, 3.8) is 0 Å². The number of aromatic nitrogens is 1. The zero-order valence-electron chi connectivity index (χ0n) is 18.4. The van der Waals surface area contributed by atoms with Crippen molar-refractivity contribution >= 4 is 40.4 Å². The molecule has 1 aliphatic carbocycles. The number of thiazole rings is 1. The van der Waals surface area contributed by atoms with Crippen LogP contribution in [-0.4, -0.2) is 10.5 Å². The Morgan fingerprint density at radius 3 is 2.68 bits per heavy atom. The van der Waals surface area contributed by atoms with Gasteiger partial charge in [-0.1, -0.05) is 53.8 Å². The number of carbonyl (C=O) groups is 1. The van der Waals surface area contributed by atoms with Gasteiger partial charge in [0.2, 0.25) is 0 Å². The molecule has 0 radical (unpaired) electrons. The lowest BCUT2D eigenvalue weighted by atomic mass is 9.85. The summed E-state index contributed by atoms with van der Waals surface area (Å²) < 4.78 is 7.61. The minimum Gasteiger partial charge on any atom is -0.427 e. The number of hydrogen-bond acceptors (Lipinski definition) is 6. The average molecular weight is 485 g/mol. The Hall–Kier alpha value is -3.55. The molecule has 2 aliphatic rings. The molecule has 1 aliphatic heterocycles. The first kappa shape index (κ1) is 21.0. The number of rotatable bonds is 3. The van der Waals surface area contributed by atoms with Crippen LogP contribution in [0.5, 0.6) is 5.75 Å². The molecule has 0 unspecified atom stereocenters. The fourth-order valence-electron chi connectivity index (χ4n) is 4.67. The summed E-state index contributed by atoms with van der Waals surface area (Å²) in [4.78, 5) is 31.7. The Morgan fingerprint density at radius 2 is 1.91 bits per heavy atom. The van der Waals surface area contributed by atoms with Crippen molar-refractivity contribution in [3.05, 3.63) is 113 Å². The minimum atomic E-state index is -0.361. The first-order valence-electron chi connectivity index (χ1n) is 11.0. The van der Waals surface area contributed by atoms with Crippen LogP contribution in [-0.2, 0) is 11.2 Å². The van der Waals surface area contributed by atoms with Crippen LogP contribution < -0.4 is 19.6 Å². The summed E-state index contributed by atoms with van der Waals surface area (Å²) in [7, 11) is 0. The van der Waals surface area contributed by atoms with Crippen LogP contribution in [0.15, 0.2) is 81.4 Å². The average Bonchev–Trinajstić information content (AvgIpc) is 3.47. The zero-order chi connectivity index (χ0) is 23.2. The van der Waals surface area contributed by atoms with Crippen LogP contribution in [0.1, 0.15) is 41.0 Å². The molecule has 0 saturated heterocycles. The maximum Gasteiger partial charge on any atom is 0.308 e. The van der Waals surface area contributed by atoms with Crippen LogP contribution in [0.3, 0.4) is 0 Å². The molecule has 0 amide bonds. The molecule has 2 aromatic heterocycles. The predicted molar refractivity (Wildman–Crippen MR) is 135 cm³/mol. The van der Waals surface area contributed by atoms with Crippen molar-refractivity contribution in [1.82, 2.24) is 4.57 Å². The lowest BCUT2D eigenvalue weighted by molar-refractivity contribution is -0.131. The van der Waals surface area contributed by atoms with Crippen molar-refractivity contribution in [2.45, 2.75) is 25.8 Å². The van der Waals surface area contributed by atoms with Crippen LogP contribution in [0.25, 0.3) is 11.8 Å². The van der Waals surface area contributed by atoms with Gasteiger partial charge < -0.3 is 4.74 Å². The van der Waals surface area contributed by atoms with Gasteiger partial charge in [0.15, 0.2) is 4.80 Å². The third-order valence-electron chi connectivity index (χ3n) is 6.13. The van der Waals surface area contributed by atoms with Crippen molar-refractivity contribution in [2.75, 3.05) is 0 Å².